The molecule has 0 aliphatic carbocycles. The summed E-state index contributed by atoms with van der Waals surface area (Å²) in [6.45, 7) is 0. The normalized spacial score (nSPS) is 7.60. The van der Waals surface area contributed by atoms with E-state index in [-0.39, 0.29) is 0 Å². The van der Waals surface area contributed by atoms with E-state index in [2.05, 4.69) is 34.4 Å². The van der Waals surface area contributed by atoms with Crippen molar-refractivity contribution in [3.05, 3.63) is 19.9 Å². The SMILES string of the molecule is N#CC#Cc1csc(I)c1. The Morgan fingerprint density at radius 3 is 2.90 bits per heavy atom. The molecule has 0 amide bonds. The van der Waals surface area contributed by atoms with Gasteiger partial charge < -0.3 is 0 Å². The lowest BCUT2D eigenvalue weighted by atomic mass is 10.3. The smallest absolute Gasteiger partial charge is 0.152 e. The van der Waals surface area contributed by atoms with Crippen molar-refractivity contribution in [3.8, 4) is 17.9 Å². The van der Waals surface area contributed by atoms with Crippen molar-refractivity contribution in [3.63, 3.8) is 0 Å². The van der Waals surface area contributed by atoms with E-state index < -0.39 is 0 Å². The molecule has 0 bridgehead atoms. The lowest BCUT2D eigenvalue weighted by Gasteiger charge is -1.70. The molecule has 0 saturated carbocycles. The van der Waals surface area contributed by atoms with Gasteiger partial charge in [0.25, 0.3) is 0 Å². The van der Waals surface area contributed by atoms with E-state index in [4.69, 9.17) is 5.26 Å². The van der Waals surface area contributed by atoms with Crippen molar-refractivity contribution >= 4 is 33.9 Å². The van der Waals surface area contributed by atoms with Crippen LogP contribution in [0.3, 0.4) is 0 Å². The largest absolute Gasteiger partial charge is 0.183 e. The number of hydrogen-bond acceptors (Lipinski definition) is 2. The fourth-order valence-corrected chi connectivity index (χ4v) is 1.75. The molecule has 48 valence electrons. The number of rotatable bonds is 0. The molecule has 0 spiro atoms. The van der Waals surface area contributed by atoms with Gasteiger partial charge in [-0.25, -0.2) is 0 Å². The maximum absolute atomic E-state index is 8.11. The first-order valence-electron chi connectivity index (χ1n) is 2.47. The van der Waals surface area contributed by atoms with Crippen LogP contribution in [0.1, 0.15) is 5.56 Å². The Kier molecular flexibility index (Phi) is 2.73. The molecule has 10 heavy (non-hydrogen) atoms. The van der Waals surface area contributed by atoms with Gasteiger partial charge in [0.2, 0.25) is 0 Å². The minimum atomic E-state index is 0.927. The van der Waals surface area contributed by atoms with E-state index in [1.165, 1.54) is 2.88 Å². The molecule has 0 atom stereocenters. The molecule has 0 radical (unpaired) electrons. The van der Waals surface area contributed by atoms with Gasteiger partial charge in [0.1, 0.15) is 0 Å². The summed E-state index contributed by atoms with van der Waals surface area (Å²) in [6.07, 6.45) is 0. The Morgan fingerprint density at radius 1 is 1.60 bits per heavy atom. The van der Waals surface area contributed by atoms with Crippen molar-refractivity contribution in [1.29, 1.82) is 5.26 Å². The second kappa shape index (κ2) is 3.60. The van der Waals surface area contributed by atoms with Crippen LogP contribution in [0.15, 0.2) is 11.4 Å². The standard InChI is InChI=1S/C7H2INS/c8-7-4-6(5-10-7)2-1-3-9/h4-5H. The molecule has 0 aliphatic heterocycles. The van der Waals surface area contributed by atoms with E-state index in [0.717, 1.165) is 5.56 Å². The highest BCUT2D eigenvalue weighted by Crippen LogP contribution is 2.15. The highest BCUT2D eigenvalue weighted by molar-refractivity contribution is 14.1. The van der Waals surface area contributed by atoms with Gasteiger partial charge >= 0.3 is 0 Å². The third-order valence-electron chi connectivity index (χ3n) is 0.830. The molecule has 0 saturated heterocycles. The molecule has 0 unspecified atom stereocenters. The van der Waals surface area contributed by atoms with Crippen molar-refractivity contribution in [2.45, 2.75) is 0 Å². The Labute approximate surface area is 76.8 Å². The summed E-state index contributed by atoms with van der Waals surface area (Å²) in [5.74, 6) is 5.05. The van der Waals surface area contributed by atoms with E-state index in [9.17, 15) is 0 Å². The van der Waals surface area contributed by atoms with Gasteiger partial charge in [-0.2, -0.15) is 5.26 Å². The van der Waals surface area contributed by atoms with E-state index in [0.29, 0.717) is 0 Å². The molecule has 1 rings (SSSR count). The van der Waals surface area contributed by atoms with Gasteiger partial charge in [0.15, 0.2) is 6.07 Å². The number of thiophene rings is 1. The van der Waals surface area contributed by atoms with Crippen LogP contribution >= 0.6 is 33.9 Å². The van der Waals surface area contributed by atoms with Gasteiger partial charge in [0, 0.05) is 16.9 Å². The number of hydrogen-bond donors (Lipinski definition) is 0. The summed E-state index contributed by atoms with van der Waals surface area (Å²) in [5, 5.41) is 10.0. The first-order valence-corrected chi connectivity index (χ1v) is 4.43. The van der Waals surface area contributed by atoms with Gasteiger partial charge in [-0.1, -0.05) is 0 Å². The average Bonchev–Trinajstić information content (AvgIpc) is 2.31. The Balaban J connectivity index is 2.89. The fraction of sp³-hybridized carbons (Fsp3) is 0. The predicted molar refractivity (Wildman–Crippen MR) is 49.5 cm³/mol. The molecule has 0 N–H and O–H groups in total. The monoisotopic (exact) mass is 259 g/mol. The third-order valence-corrected chi connectivity index (χ3v) is 2.62. The summed E-state index contributed by atoms with van der Waals surface area (Å²) in [6, 6.07) is 3.72. The van der Waals surface area contributed by atoms with Crippen LogP contribution in [-0.4, -0.2) is 0 Å². The van der Waals surface area contributed by atoms with Crippen molar-refractivity contribution in [1.82, 2.24) is 0 Å². The van der Waals surface area contributed by atoms with Crippen LogP contribution in [0.2, 0.25) is 0 Å². The summed E-state index contributed by atoms with van der Waals surface area (Å²) in [5.41, 5.74) is 0.927. The molecular weight excluding hydrogens is 257 g/mol. The Bertz CT molecular complexity index is 323. The minimum Gasteiger partial charge on any atom is -0.183 e. The van der Waals surface area contributed by atoms with Gasteiger partial charge in [-0.05, 0) is 34.6 Å². The van der Waals surface area contributed by atoms with Crippen molar-refractivity contribution in [2.75, 3.05) is 0 Å². The van der Waals surface area contributed by atoms with Crippen LogP contribution < -0.4 is 0 Å². The summed E-state index contributed by atoms with van der Waals surface area (Å²) >= 11 is 3.85. The first kappa shape index (κ1) is 7.59. The van der Waals surface area contributed by atoms with E-state index in [1.54, 1.807) is 17.4 Å². The quantitative estimate of drug-likeness (QED) is 0.517. The number of nitriles is 1. The van der Waals surface area contributed by atoms with Crippen molar-refractivity contribution < 1.29 is 0 Å². The zero-order valence-corrected chi connectivity index (χ0v) is 7.86. The predicted octanol–water partition coefficient (Wildman–Crippen LogP) is 2.23. The molecule has 0 aliphatic rings. The van der Waals surface area contributed by atoms with Crippen LogP contribution in [0.5, 0.6) is 0 Å². The molecule has 0 aromatic carbocycles. The molecule has 1 aromatic heterocycles. The molecule has 0 fully saturated rings. The van der Waals surface area contributed by atoms with Crippen molar-refractivity contribution in [2.24, 2.45) is 0 Å². The second-order valence-corrected chi connectivity index (χ2v) is 4.31. The molecule has 1 heterocycles. The van der Waals surface area contributed by atoms with Gasteiger partial charge in [-0.3, -0.25) is 0 Å². The van der Waals surface area contributed by atoms with Crippen LogP contribution in [0.4, 0.5) is 0 Å². The highest BCUT2D eigenvalue weighted by atomic mass is 127. The number of halogens is 1. The Morgan fingerprint density at radius 2 is 2.40 bits per heavy atom. The summed E-state index contributed by atoms with van der Waals surface area (Å²) in [4.78, 5) is 0. The summed E-state index contributed by atoms with van der Waals surface area (Å²) in [7, 11) is 0. The maximum atomic E-state index is 8.11. The van der Waals surface area contributed by atoms with Crippen LogP contribution in [0.25, 0.3) is 0 Å². The minimum absolute atomic E-state index is 0.927. The molecule has 1 nitrogen and oxygen atoms in total. The molecule has 3 heteroatoms. The zero-order valence-electron chi connectivity index (χ0n) is 4.89. The number of nitrogens with zero attached hydrogens (tertiary/aromatic N) is 1. The third kappa shape index (κ3) is 2.02. The first-order chi connectivity index (χ1) is 4.83. The highest BCUT2D eigenvalue weighted by Gasteiger charge is 1.90. The zero-order chi connectivity index (χ0) is 7.40. The summed E-state index contributed by atoms with van der Waals surface area (Å²) < 4.78 is 1.19. The lowest BCUT2D eigenvalue weighted by Crippen LogP contribution is -1.60. The van der Waals surface area contributed by atoms with Crippen LogP contribution in [-0.2, 0) is 0 Å². The lowest BCUT2D eigenvalue weighted by molar-refractivity contribution is 1.55. The topological polar surface area (TPSA) is 23.8 Å². The van der Waals surface area contributed by atoms with Gasteiger partial charge in [0.05, 0.1) is 2.88 Å². The average molecular weight is 259 g/mol. The fourth-order valence-electron chi connectivity index (χ4n) is 0.476. The van der Waals surface area contributed by atoms with Gasteiger partial charge in [-0.15, -0.1) is 11.3 Å². The molecule has 1 aromatic rings. The van der Waals surface area contributed by atoms with E-state index >= 15 is 0 Å². The van der Waals surface area contributed by atoms with E-state index in [1.807, 2.05) is 11.4 Å². The Hall–Kier alpha value is -0.520. The molecular formula is C7H2INS. The maximum Gasteiger partial charge on any atom is 0.152 e. The second-order valence-electron chi connectivity index (χ2n) is 1.50. The van der Waals surface area contributed by atoms with Crippen LogP contribution in [0, 0.1) is 26.1 Å².